The van der Waals surface area contributed by atoms with E-state index in [-0.39, 0.29) is 28.5 Å². The third kappa shape index (κ3) is 4.85. The molecule has 2 aromatic rings. The van der Waals surface area contributed by atoms with Crippen LogP contribution in [-0.4, -0.2) is 44.9 Å². The summed E-state index contributed by atoms with van der Waals surface area (Å²) in [5.41, 5.74) is 3.51. The van der Waals surface area contributed by atoms with Crippen LogP contribution in [0.5, 0.6) is 0 Å². The third-order valence-corrected chi connectivity index (χ3v) is 9.14. The summed E-state index contributed by atoms with van der Waals surface area (Å²) in [6.45, 7) is 11.4. The minimum absolute atomic E-state index is 0.0215. The van der Waals surface area contributed by atoms with Gasteiger partial charge >= 0.3 is 5.97 Å². The Balaban J connectivity index is 1.61. The van der Waals surface area contributed by atoms with Crippen molar-refractivity contribution in [2.75, 3.05) is 24.6 Å². The highest BCUT2D eigenvalue weighted by Gasteiger charge is 2.50. The van der Waals surface area contributed by atoms with Gasteiger partial charge in [0.25, 0.3) is 0 Å². The number of aromatic nitrogens is 2. The molecule has 0 amide bonds. The number of carbonyl (C=O) groups is 1. The second-order valence-electron chi connectivity index (χ2n) is 10.1. The third-order valence-electron chi connectivity index (χ3n) is 6.82. The number of fused-ring (bicyclic) bond motifs is 1. The van der Waals surface area contributed by atoms with Crippen LogP contribution < -0.4 is 9.62 Å². The number of aryl methyl sites for hydroxylation is 1. The normalized spacial score (nSPS) is 20.3. The Morgan fingerprint density at radius 1 is 1.29 bits per heavy atom. The lowest BCUT2D eigenvalue weighted by Gasteiger charge is -2.44. The van der Waals surface area contributed by atoms with E-state index in [1.807, 2.05) is 27.7 Å². The maximum Gasteiger partial charge on any atom is 0.360 e. The first-order valence-corrected chi connectivity index (χ1v) is 13.7. The fourth-order valence-electron chi connectivity index (χ4n) is 4.93. The Bertz CT molecular complexity index is 1070. The largest absolute Gasteiger partial charge is 0.598 e. The molecular formula is C25H33BrN4O3S. The summed E-state index contributed by atoms with van der Waals surface area (Å²) >= 11 is 2.22. The first-order valence-electron chi connectivity index (χ1n) is 11.8. The zero-order valence-electron chi connectivity index (χ0n) is 20.5. The maximum atomic E-state index is 13.1. The summed E-state index contributed by atoms with van der Waals surface area (Å²) in [5, 5.41) is 0. The number of rotatable bonds is 5. The van der Waals surface area contributed by atoms with Crippen molar-refractivity contribution in [1.82, 2.24) is 14.7 Å². The molecule has 2 heterocycles. The quantitative estimate of drug-likeness (QED) is 0.429. The van der Waals surface area contributed by atoms with Crippen LogP contribution in [0, 0.1) is 12.3 Å². The summed E-state index contributed by atoms with van der Waals surface area (Å²) in [6, 6.07) is 8.52. The molecule has 0 bridgehead atoms. The Morgan fingerprint density at radius 2 is 1.97 bits per heavy atom. The molecule has 1 unspecified atom stereocenters. The molecule has 1 N–H and O–H groups in total. The van der Waals surface area contributed by atoms with Crippen molar-refractivity contribution in [2.45, 2.75) is 64.7 Å². The van der Waals surface area contributed by atoms with Crippen molar-refractivity contribution >= 4 is 39.1 Å². The number of benzene rings is 1. The summed E-state index contributed by atoms with van der Waals surface area (Å²) in [6.07, 6.45) is 2.73. The first kappa shape index (κ1) is 25.4. The Kier molecular flexibility index (Phi) is 7.29. The van der Waals surface area contributed by atoms with Crippen LogP contribution in [0.1, 0.15) is 73.9 Å². The van der Waals surface area contributed by atoms with E-state index >= 15 is 0 Å². The SMILES string of the molecule is CCOC(=O)c1nc(Br)c(C)nc1N1CCC2(CC1)Cc1ccccc1[C@H]2N[S+]([O-])C(C)(C)C. The van der Waals surface area contributed by atoms with Crippen molar-refractivity contribution in [3.63, 3.8) is 0 Å². The zero-order chi connectivity index (χ0) is 24.7. The van der Waals surface area contributed by atoms with Crippen LogP contribution in [0.25, 0.3) is 0 Å². The predicted octanol–water partition coefficient (Wildman–Crippen LogP) is 4.66. The fourth-order valence-corrected chi connectivity index (χ4v) is 6.14. The lowest BCUT2D eigenvalue weighted by atomic mass is 9.73. The maximum absolute atomic E-state index is 13.1. The van der Waals surface area contributed by atoms with Gasteiger partial charge in [0, 0.05) is 29.9 Å². The van der Waals surface area contributed by atoms with Crippen molar-refractivity contribution in [3.05, 3.63) is 51.4 Å². The van der Waals surface area contributed by atoms with Crippen LogP contribution in [0.4, 0.5) is 5.82 Å². The number of halogens is 1. The highest BCUT2D eigenvalue weighted by atomic mass is 79.9. The number of ether oxygens (including phenoxy) is 1. The molecule has 1 saturated heterocycles. The van der Waals surface area contributed by atoms with Gasteiger partial charge in [-0.25, -0.2) is 14.8 Å². The van der Waals surface area contributed by atoms with Gasteiger partial charge in [-0.05, 0) is 80.9 Å². The molecule has 1 aliphatic heterocycles. The molecule has 34 heavy (non-hydrogen) atoms. The van der Waals surface area contributed by atoms with E-state index in [1.54, 1.807) is 6.92 Å². The van der Waals surface area contributed by atoms with E-state index < -0.39 is 17.3 Å². The van der Waals surface area contributed by atoms with Crippen LogP contribution in [0.3, 0.4) is 0 Å². The Morgan fingerprint density at radius 3 is 2.62 bits per heavy atom. The predicted molar refractivity (Wildman–Crippen MR) is 138 cm³/mol. The van der Waals surface area contributed by atoms with Gasteiger partial charge in [0.1, 0.15) is 9.35 Å². The van der Waals surface area contributed by atoms with Gasteiger partial charge in [-0.2, -0.15) is 0 Å². The lowest BCUT2D eigenvalue weighted by Crippen LogP contribution is -2.50. The zero-order valence-corrected chi connectivity index (χ0v) is 22.9. The number of nitrogens with zero attached hydrogens (tertiary/aromatic N) is 3. The van der Waals surface area contributed by atoms with Gasteiger partial charge in [-0.3, -0.25) is 0 Å². The number of hydrogen-bond donors (Lipinski definition) is 1. The molecule has 1 aliphatic carbocycles. The molecule has 1 aromatic carbocycles. The molecular weight excluding hydrogens is 516 g/mol. The molecule has 9 heteroatoms. The molecule has 1 spiro atoms. The smallest absolute Gasteiger partial charge is 0.360 e. The molecule has 0 radical (unpaired) electrons. The second kappa shape index (κ2) is 9.76. The average molecular weight is 550 g/mol. The molecule has 1 fully saturated rings. The van der Waals surface area contributed by atoms with E-state index in [0.717, 1.165) is 38.0 Å². The minimum atomic E-state index is -1.18. The van der Waals surface area contributed by atoms with Crippen LogP contribution in [0.2, 0.25) is 0 Å². The van der Waals surface area contributed by atoms with E-state index in [4.69, 9.17) is 9.72 Å². The number of piperidine rings is 1. The van der Waals surface area contributed by atoms with Gasteiger partial charge in [0.2, 0.25) is 0 Å². The van der Waals surface area contributed by atoms with Gasteiger partial charge < -0.3 is 14.2 Å². The van der Waals surface area contributed by atoms with Crippen molar-refractivity contribution < 1.29 is 14.1 Å². The highest BCUT2D eigenvalue weighted by molar-refractivity contribution is 9.10. The van der Waals surface area contributed by atoms with Gasteiger partial charge in [-0.15, -0.1) is 4.72 Å². The first-order chi connectivity index (χ1) is 16.1. The molecule has 7 nitrogen and oxygen atoms in total. The van der Waals surface area contributed by atoms with Gasteiger partial charge in [0.15, 0.2) is 11.5 Å². The summed E-state index contributed by atoms with van der Waals surface area (Å²) in [7, 11) is 0. The monoisotopic (exact) mass is 548 g/mol. The topological polar surface area (TPSA) is 90.4 Å². The molecule has 2 atom stereocenters. The molecule has 1 aromatic heterocycles. The second-order valence-corrected chi connectivity index (χ2v) is 12.9. The van der Waals surface area contributed by atoms with Crippen molar-refractivity contribution in [3.8, 4) is 0 Å². The molecule has 0 saturated carbocycles. The van der Waals surface area contributed by atoms with Crippen LogP contribution in [-0.2, 0) is 22.5 Å². The summed E-state index contributed by atoms with van der Waals surface area (Å²) in [4.78, 5) is 23.9. The van der Waals surface area contributed by atoms with Crippen LogP contribution >= 0.6 is 15.9 Å². The van der Waals surface area contributed by atoms with E-state index in [0.29, 0.717) is 10.4 Å². The highest BCUT2D eigenvalue weighted by Crippen LogP contribution is 2.53. The lowest BCUT2D eigenvalue weighted by molar-refractivity contribution is 0.0519. The number of nitrogens with one attached hydrogen (secondary N) is 1. The van der Waals surface area contributed by atoms with E-state index in [2.05, 4.69) is 54.8 Å². The number of esters is 1. The Labute approximate surface area is 213 Å². The number of hydrogen-bond acceptors (Lipinski definition) is 7. The van der Waals surface area contributed by atoms with Gasteiger partial charge in [0.05, 0.1) is 18.3 Å². The summed E-state index contributed by atoms with van der Waals surface area (Å²) < 4.78 is 22.1. The van der Waals surface area contributed by atoms with Crippen molar-refractivity contribution in [1.29, 1.82) is 0 Å². The Hall–Kier alpha value is -1.68. The summed E-state index contributed by atoms with van der Waals surface area (Å²) in [5.74, 6) is 0.117. The average Bonchev–Trinajstić information content (AvgIpc) is 3.08. The minimum Gasteiger partial charge on any atom is -0.598 e. The molecule has 4 rings (SSSR count). The molecule has 184 valence electrons. The standard InChI is InChI=1S/C25H33BrN4O3S/c1-6-33-23(31)19-22(27-16(2)21(26)28-19)30-13-11-25(12-14-30)15-17-9-7-8-10-18(17)20(25)29-34(32)24(3,4)5/h7-10,20,29H,6,11-15H2,1-5H3/t20-,34?/m1/s1. The van der Waals surface area contributed by atoms with E-state index in [9.17, 15) is 9.35 Å². The van der Waals surface area contributed by atoms with Crippen molar-refractivity contribution in [2.24, 2.45) is 5.41 Å². The molecule has 2 aliphatic rings. The van der Waals surface area contributed by atoms with Crippen LogP contribution in [0.15, 0.2) is 28.9 Å². The number of carbonyl (C=O) groups excluding carboxylic acids is 1. The number of anilines is 1. The van der Waals surface area contributed by atoms with E-state index in [1.165, 1.54) is 11.1 Å². The fraction of sp³-hybridized carbons (Fsp3) is 0.560. The van der Waals surface area contributed by atoms with Gasteiger partial charge in [-0.1, -0.05) is 24.3 Å².